The molecule has 0 heterocycles. The molecule has 0 aromatic heterocycles. The smallest absolute Gasteiger partial charge is 0.132 e. The van der Waals surface area contributed by atoms with Crippen LogP contribution in [0, 0.1) is 5.92 Å². The Morgan fingerprint density at radius 3 is 2.67 bits per heavy atom. The maximum atomic E-state index is 10.6. The molecule has 1 nitrogen and oxygen atoms in total. The van der Waals surface area contributed by atoms with Gasteiger partial charge in [-0.1, -0.05) is 13.0 Å². The summed E-state index contributed by atoms with van der Waals surface area (Å²) in [6.07, 6.45) is 3.74. The second kappa shape index (κ2) is 4.30. The molecule has 0 amide bonds. The molecule has 1 atom stereocenters. The summed E-state index contributed by atoms with van der Waals surface area (Å²) in [5.74, 6) is 0.486. The van der Waals surface area contributed by atoms with Gasteiger partial charge in [-0.05, 0) is 19.8 Å². The topological polar surface area (TPSA) is 17.1 Å². The zero-order valence-corrected chi connectivity index (χ0v) is 6.18. The minimum atomic E-state index is 0.211. The Labute approximate surface area is 56.8 Å². The van der Waals surface area contributed by atoms with Crippen LogP contribution in [0.25, 0.3) is 0 Å². The van der Waals surface area contributed by atoms with Crippen LogP contribution < -0.4 is 0 Å². The first-order valence-corrected chi connectivity index (χ1v) is 3.29. The fourth-order valence-corrected chi connectivity index (χ4v) is 0.571. The molecular formula is C8H14O. The fraction of sp³-hybridized carbons (Fsp3) is 0.625. The summed E-state index contributed by atoms with van der Waals surface area (Å²) in [6, 6.07) is 0. The molecule has 0 bridgehead atoms. The Morgan fingerprint density at radius 2 is 2.33 bits per heavy atom. The molecule has 0 saturated heterocycles. The van der Waals surface area contributed by atoms with E-state index in [9.17, 15) is 4.79 Å². The molecule has 0 aromatic carbocycles. The largest absolute Gasteiger partial charge is 0.300 e. The minimum absolute atomic E-state index is 0.211. The average molecular weight is 126 g/mol. The van der Waals surface area contributed by atoms with E-state index in [1.165, 1.54) is 0 Å². The number of allylic oxidation sites excluding steroid dienone is 1. The van der Waals surface area contributed by atoms with Gasteiger partial charge in [0, 0.05) is 5.92 Å². The van der Waals surface area contributed by atoms with Crippen molar-refractivity contribution in [2.45, 2.75) is 26.7 Å². The van der Waals surface area contributed by atoms with Gasteiger partial charge < -0.3 is 0 Å². The molecule has 52 valence electrons. The van der Waals surface area contributed by atoms with Gasteiger partial charge in [-0.25, -0.2) is 0 Å². The Morgan fingerprint density at radius 1 is 1.78 bits per heavy atom. The molecule has 0 aliphatic carbocycles. The van der Waals surface area contributed by atoms with Crippen molar-refractivity contribution in [2.75, 3.05) is 0 Å². The van der Waals surface area contributed by atoms with E-state index < -0.39 is 0 Å². The van der Waals surface area contributed by atoms with Gasteiger partial charge in [-0.2, -0.15) is 0 Å². The van der Waals surface area contributed by atoms with E-state index in [4.69, 9.17) is 0 Å². The first kappa shape index (κ1) is 8.41. The van der Waals surface area contributed by atoms with E-state index in [0.29, 0.717) is 0 Å². The summed E-state index contributed by atoms with van der Waals surface area (Å²) in [5.41, 5.74) is 0. The SMILES string of the molecule is C=CCCC(C)C(C)=O. The van der Waals surface area contributed by atoms with Crippen LogP contribution in [0.4, 0.5) is 0 Å². The molecule has 0 aliphatic rings. The van der Waals surface area contributed by atoms with Gasteiger partial charge >= 0.3 is 0 Å². The quantitative estimate of drug-likeness (QED) is 0.528. The highest BCUT2D eigenvalue weighted by molar-refractivity contribution is 5.77. The lowest BCUT2D eigenvalue weighted by molar-refractivity contribution is -0.120. The van der Waals surface area contributed by atoms with Crippen molar-refractivity contribution in [1.29, 1.82) is 0 Å². The highest BCUT2D eigenvalue weighted by Crippen LogP contribution is 2.05. The molecule has 1 unspecified atom stereocenters. The van der Waals surface area contributed by atoms with Gasteiger partial charge in [0.25, 0.3) is 0 Å². The van der Waals surface area contributed by atoms with Crippen LogP contribution in [-0.2, 0) is 4.79 Å². The maximum Gasteiger partial charge on any atom is 0.132 e. The van der Waals surface area contributed by atoms with Crippen LogP contribution in [0.5, 0.6) is 0 Å². The Hall–Kier alpha value is -0.590. The molecule has 0 radical (unpaired) electrons. The van der Waals surface area contributed by atoms with Crippen molar-refractivity contribution in [1.82, 2.24) is 0 Å². The van der Waals surface area contributed by atoms with Crippen molar-refractivity contribution in [2.24, 2.45) is 5.92 Å². The highest BCUT2D eigenvalue weighted by Gasteiger charge is 2.04. The van der Waals surface area contributed by atoms with E-state index in [1.54, 1.807) is 6.92 Å². The lowest BCUT2D eigenvalue weighted by atomic mass is 10.0. The second-order valence-corrected chi connectivity index (χ2v) is 2.38. The van der Waals surface area contributed by atoms with Gasteiger partial charge in [0.2, 0.25) is 0 Å². The summed E-state index contributed by atoms with van der Waals surface area (Å²) >= 11 is 0. The van der Waals surface area contributed by atoms with Gasteiger partial charge in [0.05, 0.1) is 0 Å². The zero-order chi connectivity index (χ0) is 7.28. The number of carbonyl (C=O) groups is 1. The molecule has 0 N–H and O–H groups in total. The first-order chi connectivity index (χ1) is 4.18. The third-order valence-electron chi connectivity index (χ3n) is 1.50. The number of ketones is 1. The summed E-state index contributed by atoms with van der Waals surface area (Å²) in [4.78, 5) is 10.6. The molecule has 0 aliphatic heterocycles. The Balaban J connectivity index is 3.37. The second-order valence-electron chi connectivity index (χ2n) is 2.38. The van der Waals surface area contributed by atoms with Gasteiger partial charge in [-0.15, -0.1) is 6.58 Å². The number of Topliss-reactive ketones (excluding diaryl/α,β-unsaturated/α-hetero) is 1. The first-order valence-electron chi connectivity index (χ1n) is 3.29. The summed E-state index contributed by atoms with van der Waals surface area (Å²) in [5, 5.41) is 0. The van der Waals surface area contributed by atoms with E-state index in [2.05, 4.69) is 6.58 Å². The van der Waals surface area contributed by atoms with Crippen LogP contribution in [0.2, 0.25) is 0 Å². The predicted octanol–water partition coefficient (Wildman–Crippen LogP) is 2.18. The Bertz CT molecular complexity index is 105. The standard InChI is InChI=1S/C8H14O/c1-4-5-6-7(2)8(3)9/h4,7H,1,5-6H2,2-3H3. The molecule has 0 saturated carbocycles. The average Bonchev–Trinajstić information content (AvgIpc) is 1.82. The van der Waals surface area contributed by atoms with Crippen LogP contribution in [0.3, 0.4) is 0 Å². The zero-order valence-electron chi connectivity index (χ0n) is 6.18. The molecular weight excluding hydrogens is 112 g/mol. The van der Waals surface area contributed by atoms with Crippen LogP contribution in [0.15, 0.2) is 12.7 Å². The van der Waals surface area contributed by atoms with Gasteiger partial charge in [0.15, 0.2) is 0 Å². The van der Waals surface area contributed by atoms with Crippen molar-refractivity contribution < 1.29 is 4.79 Å². The van der Waals surface area contributed by atoms with E-state index in [0.717, 1.165) is 12.8 Å². The molecule has 0 fully saturated rings. The summed E-state index contributed by atoms with van der Waals surface area (Å²) in [7, 11) is 0. The molecule has 0 spiro atoms. The normalized spacial score (nSPS) is 12.7. The third-order valence-corrected chi connectivity index (χ3v) is 1.50. The molecule has 9 heavy (non-hydrogen) atoms. The van der Waals surface area contributed by atoms with Gasteiger partial charge in [-0.3, -0.25) is 4.79 Å². The fourth-order valence-electron chi connectivity index (χ4n) is 0.571. The Kier molecular flexibility index (Phi) is 4.02. The number of carbonyl (C=O) groups excluding carboxylic acids is 1. The monoisotopic (exact) mass is 126 g/mol. The number of rotatable bonds is 4. The predicted molar refractivity (Wildman–Crippen MR) is 39.3 cm³/mol. The molecule has 1 heteroatoms. The van der Waals surface area contributed by atoms with Crippen LogP contribution in [-0.4, -0.2) is 5.78 Å². The van der Waals surface area contributed by atoms with Crippen LogP contribution in [0.1, 0.15) is 26.7 Å². The summed E-state index contributed by atoms with van der Waals surface area (Å²) < 4.78 is 0. The number of hydrogen-bond acceptors (Lipinski definition) is 1. The van der Waals surface area contributed by atoms with Crippen molar-refractivity contribution >= 4 is 5.78 Å². The molecule has 0 rings (SSSR count). The lowest BCUT2D eigenvalue weighted by Gasteiger charge is -2.02. The third kappa shape index (κ3) is 3.95. The minimum Gasteiger partial charge on any atom is -0.300 e. The van der Waals surface area contributed by atoms with Crippen LogP contribution >= 0.6 is 0 Å². The molecule has 0 aromatic rings. The van der Waals surface area contributed by atoms with Crippen molar-refractivity contribution in [3.8, 4) is 0 Å². The van der Waals surface area contributed by atoms with Gasteiger partial charge in [0.1, 0.15) is 5.78 Å². The van der Waals surface area contributed by atoms with E-state index in [1.807, 2.05) is 13.0 Å². The summed E-state index contributed by atoms with van der Waals surface area (Å²) in [6.45, 7) is 7.16. The maximum absolute atomic E-state index is 10.6. The van der Waals surface area contributed by atoms with Crippen molar-refractivity contribution in [3.05, 3.63) is 12.7 Å². The van der Waals surface area contributed by atoms with Crippen molar-refractivity contribution in [3.63, 3.8) is 0 Å². The lowest BCUT2D eigenvalue weighted by Crippen LogP contribution is -2.04. The van der Waals surface area contributed by atoms with E-state index >= 15 is 0 Å². The van der Waals surface area contributed by atoms with E-state index in [-0.39, 0.29) is 11.7 Å². The highest BCUT2D eigenvalue weighted by atomic mass is 16.1. The number of hydrogen-bond donors (Lipinski definition) is 0.